The molecule has 0 saturated carbocycles. The standard InChI is InChI=1S/C12H14ClNO2S/c1-4-9(2)14-8-10-11(13)6-5-7-12(10)17(3,15)16/h1,5-7,9,14H,8H2,2-3H3. The molecule has 3 nitrogen and oxygen atoms in total. The first-order valence-electron chi connectivity index (χ1n) is 5.03. The molecule has 0 amide bonds. The molecule has 0 saturated heterocycles. The van der Waals surface area contributed by atoms with E-state index < -0.39 is 9.84 Å². The second-order valence-corrected chi connectivity index (χ2v) is 6.15. The van der Waals surface area contributed by atoms with Crippen LogP contribution in [0.15, 0.2) is 23.1 Å². The molecule has 0 aliphatic heterocycles. The fourth-order valence-corrected chi connectivity index (χ4v) is 2.62. The normalized spacial score (nSPS) is 13.1. The Bertz CT molecular complexity index is 546. The molecule has 0 spiro atoms. The average molecular weight is 272 g/mol. The van der Waals surface area contributed by atoms with Gasteiger partial charge in [0, 0.05) is 23.4 Å². The Morgan fingerprint density at radius 1 is 1.53 bits per heavy atom. The van der Waals surface area contributed by atoms with Crippen LogP contribution >= 0.6 is 11.6 Å². The van der Waals surface area contributed by atoms with E-state index in [2.05, 4.69) is 11.2 Å². The number of hydrogen-bond donors (Lipinski definition) is 1. The third-order valence-corrected chi connectivity index (χ3v) is 3.85. The minimum absolute atomic E-state index is 0.140. The summed E-state index contributed by atoms with van der Waals surface area (Å²) in [7, 11) is -3.29. The molecule has 0 bridgehead atoms. The molecule has 92 valence electrons. The van der Waals surface area contributed by atoms with Crippen LogP contribution in [0.2, 0.25) is 5.02 Å². The van der Waals surface area contributed by atoms with Crippen LogP contribution in [0.25, 0.3) is 0 Å². The van der Waals surface area contributed by atoms with E-state index in [9.17, 15) is 8.42 Å². The Morgan fingerprint density at radius 3 is 2.71 bits per heavy atom. The Hall–Kier alpha value is -1.02. The van der Waals surface area contributed by atoms with E-state index in [1.165, 1.54) is 0 Å². The maximum atomic E-state index is 11.6. The first-order chi connectivity index (χ1) is 7.86. The first kappa shape index (κ1) is 14.0. The molecule has 1 aromatic carbocycles. The summed E-state index contributed by atoms with van der Waals surface area (Å²) in [5.74, 6) is 2.51. The van der Waals surface area contributed by atoms with E-state index in [1.807, 2.05) is 6.92 Å². The van der Waals surface area contributed by atoms with Crippen LogP contribution in [0, 0.1) is 12.3 Å². The molecule has 1 aromatic rings. The van der Waals surface area contributed by atoms with Crippen molar-refractivity contribution in [3.63, 3.8) is 0 Å². The monoisotopic (exact) mass is 271 g/mol. The highest BCUT2D eigenvalue weighted by Crippen LogP contribution is 2.23. The molecule has 1 N–H and O–H groups in total. The highest BCUT2D eigenvalue weighted by Gasteiger charge is 2.15. The van der Waals surface area contributed by atoms with Gasteiger partial charge in [-0.3, -0.25) is 5.32 Å². The van der Waals surface area contributed by atoms with Crippen molar-refractivity contribution in [1.82, 2.24) is 5.32 Å². The molecule has 1 atom stereocenters. The van der Waals surface area contributed by atoms with Crippen LogP contribution in [0.1, 0.15) is 12.5 Å². The Morgan fingerprint density at radius 2 is 2.18 bits per heavy atom. The second-order valence-electron chi connectivity index (χ2n) is 3.76. The van der Waals surface area contributed by atoms with Crippen LogP contribution < -0.4 is 5.32 Å². The molecule has 1 rings (SSSR count). The predicted molar refractivity (Wildman–Crippen MR) is 69.7 cm³/mol. The van der Waals surface area contributed by atoms with Crippen LogP contribution in [0.4, 0.5) is 0 Å². The maximum absolute atomic E-state index is 11.6. The molecule has 17 heavy (non-hydrogen) atoms. The molecule has 5 heteroatoms. The third kappa shape index (κ3) is 3.74. The van der Waals surface area contributed by atoms with Gasteiger partial charge in [-0.2, -0.15) is 0 Å². The van der Waals surface area contributed by atoms with Crippen molar-refractivity contribution in [2.75, 3.05) is 6.26 Å². The average Bonchev–Trinajstić information content (AvgIpc) is 2.25. The molecule has 0 aliphatic rings. The number of rotatable bonds is 4. The summed E-state index contributed by atoms with van der Waals surface area (Å²) >= 11 is 6.01. The van der Waals surface area contributed by atoms with Gasteiger partial charge in [-0.1, -0.05) is 23.6 Å². The number of hydrogen-bond acceptors (Lipinski definition) is 3. The minimum Gasteiger partial charge on any atom is -0.300 e. The van der Waals surface area contributed by atoms with Crippen molar-refractivity contribution >= 4 is 21.4 Å². The van der Waals surface area contributed by atoms with Gasteiger partial charge >= 0.3 is 0 Å². The zero-order valence-electron chi connectivity index (χ0n) is 9.70. The van der Waals surface area contributed by atoms with Crippen molar-refractivity contribution in [2.45, 2.75) is 24.4 Å². The number of nitrogens with one attached hydrogen (secondary N) is 1. The smallest absolute Gasteiger partial charge is 0.175 e. The Labute approximate surface area is 107 Å². The van der Waals surface area contributed by atoms with Gasteiger partial charge in [-0.25, -0.2) is 8.42 Å². The van der Waals surface area contributed by atoms with E-state index in [0.717, 1.165) is 6.26 Å². The summed E-state index contributed by atoms with van der Waals surface area (Å²) in [5.41, 5.74) is 0.554. The molecule has 0 heterocycles. The second kappa shape index (κ2) is 5.54. The third-order valence-electron chi connectivity index (χ3n) is 2.31. The van der Waals surface area contributed by atoms with Crippen molar-refractivity contribution in [1.29, 1.82) is 0 Å². The van der Waals surface area contributed by atoms with Gasteiger partial charge < -0.3 is 0 Å². The number of benzene rings is 1. The molecule has 0 aromatic heterocycles. The van der Waals surface area contributed by atoms with Crippen LogP contribution in [0.3, 0.4) is 0 Å². The lowest BCUT2D eigenvalue weighted by Gasteiger charge is -2.12. The Kier molecular flexibility index (Phi) is 4.58. The molecular weight excluding hydrogens is 258 g/mol. The van der Waals surface area contributed by atoms with E-state index in [4.69, 9.17) is 18.0 Å². The van der Waals surface area contributed by atoms with Crippen LogP contribution in [-0.4, -0.2) is 20.7 Å². The van der Waals surface area contributed by atoms with Gasteiger partial charge in [0.05, 0.1) is 10.9 Å². The minimum atomic E-state index is -3.29. The lowest BCUT2D eigenvalue weighted by Crippen LogP contribution is -2.24. The maximum Gasteiger partial charge on any atom is 0.175 e. The summed E-state index contributed by atoms with van der Waals surface area (Å²) in [5, 5.41) is 3.44. The number of terminal acetylenes is 1. The lowest BCUT2D eigenvalue weighted by molar-refractivity contribution is 0.596. The molecular formula is C12H14ClNO2S. The summed E-state index contributed by atoms with van der Waals surface area (Å²) in [4.78, 5) is 0.238. The van der Waals surface area contributed by atoms with Gasteiger partial charge in [-0.15, -0.1) is 6.42 Å². The molecule has 0 fully saturated rings. The van der Waals surface area contributed by atoms with E-state index in [1.54, 1.807) is 18.2 Å². The summed E-state index contributed by atoms with van der Waals surface area (Å²) in [6, 6.07) is 4.68. The van der Waals surface area contributed by atoms with E-state index in [0.29, 0.717) is 17.1 Å². The van der Waals surface area contributed by atoms with Gasteiger partial charge in [0.25, 0.3) is 0 Å². The van der Waals surface area contributed by atoms with E-state index >= 15 is 0 Å². The summed E-state index contributed by atoms with van der Waals surface area (Å²) in [6.07, 6.45) is 6.39. The fourth-order valence-electron chi connectivity index (χ4n) is 1.37. The van der Waals surface area contributed by atoms with Crippen molar-refractivity contribution in [3.8, 4) is 12.3 Å². The quantitative estimate of drug-likeness (QED) is 0.851. The molecule has 0 radical (unpaired) electrons. The topological polar surface area (TPSA) is 46.2 Å². The highest BCUT2D eigenvalue weighted by molar-refractivity contribution is 7.90. The SMILES string of the molecule is C#CC(C)NCc1c(Cl)cccc1S(C)(=O)=O. The summed E-state index contributed by atoms with van der Waals surface area (Å²) in [6.45, 7) is 2.14. The predicted octanol–water partition coefficient (Wildman–Crippen LogP) is 1.85. The van der Waals surface area contributed by atoms with Gasteiger partial charge in [0.15, 0.2) is 9.84 Å². The lowest BCUT2D eigenvalue weighted by atomic mass is 10.2. The van der Waals surface area contributed by atoms with Crippen LogP contribution in [0.5, 0.6) is 0 Å². The van der Waals surface area contributed by atoms with E-state index in [-0.39, 0.29) is 10.9 Å². The highest BCUT2D eigenvalue weighted by atomic mass is 35.5. The fraction of sp³-hybridized carbons (Fsp3) is 0.333. The van der Waals surface area contributed by atoms with Crippen molar-refractivity contribution in [3.05, 3.63) is 28.8 Å². The zero-order valence-corrected chi connectivity index (χ0v) is 11.3. The van der Waals surface area contributed by atoms with Gasteiger partial charge in [0.1, 0.15) is 0 Å². The van der Waals surface area contributed by atoms with Gasteiger partial charge in [-0.05, 0) is 19.1 Å². The first-order valence-corrected chi connectivity index (χ1v) is 7.30. The zero-order chi connectivity index (χ0) is 13.1. The molecule has 0 aliphatic carbocycles. The summed E-state index contributed by atoms with van der Waals surface area (Å²) < 4.78 is 23.2. The van der Waals surface area contributed by atoms with Gasteiger partial charge in [0.2, 0.25) is 0 Å². The molecule has 1 unspecified atom stereocenters. The largest absolute Gasteiger partial charge is 0.300 e. The van der Waals surface area contributed by atoms with Crippen molar-refractivity contribution in [2.24, 2.45) is 0 Å². The van der Waals surface area contributed by atoms with Crippen molar-refractivity contribution < 1.29 is 8.42 Å². The van der Waals surface area contributed by atoms with Crippen LogP contribution in [-0.2, 0) is 16.4 Å². The Balaban J connectivity index is 3.10. The number of halogens is 1. The number of sulfone groups is 1.